The molecule has 2 amide bonds. The highest BCUT2D eigenvalue weighted by Gasteiger charge is 2.36. The fourth-order valence-electron chi connectivity index (χ4n) is 3.66. The lowest BCUT2D eigenvalue weighted by atomic mass is 10.1. The number of piperazine rings is 1. The first-order chi connectivity index (χ1) is 14.7. The number of benzene rings is 1. The predicted octanol–water partition coefficient (Wildman–Crippen LogP) is 2.57. The molecule has 1 aromatic carbocycles. The van der Waals surface area contributed by atoms with Gasteiger partial charge in [-0.3, -0.25) is 14.5 Å². The number of carbonyl (C=O) groups excluding carboxylic acids is 2. The van der Waals surface area contributed by atoms with E-state index < -0.39 is 24.6 Å². The molecule has 10 heteroatoms. The molecule has 0 unspecified atom stereocenters. The molecule has 0 saturated carbocycles. The maximum Gasteiger partial charge on any atom is 0.422 e. The van der Waals surface area contributed by atoms with Crippen LogP contribution in [0, 0.1) is 0 Å². The fourth-order valence-corrected chi connectivity index (χ4v) is 3.66. The van der Waals surface area contributed by atoms with Gasteiger partial charge in [0.15, 0.2) is 6.61 Å². The average molecular weight is 434 g/mol. The smallest absolute Gasteiger partial charge is 0.422 e. The molecule has 4 rings (SSSR count). The van der Waals surface area contributed by atoms with Crippen LogP contribution in [-0.4, -0.2) is 72.6 Å². The van der Waals surface area contributed by atoms with E-state index in [0.717, 1.165) is 18.0 Å². The van der Waals surface area contributed by atoms with E-state index in [4.69, 9.17) is 4.74 Å². The molecule has 1 saturated heterocycles. The predicted molar refractivity (Wildman–Crippen MR) is 106 cm³/mol. The van der Waals surface area contributed by atoms with Gasteiger partial charge in [0.05, 0.1) is 17.7 Å². The minimum absolute atomic E-state index is 0.0272. The largest absolute Gasteiger partial charge is 0.468 e. The first-order valence-corrected chi connectivity index (χ1v) is 9.81. The summed E-state index contributed by atoms with van der Waals surface area (Å²) in [7, 11) is 1.98. The number of halogens is 3. The number of alkyl halides is 3. The number of hydrogen-bond acceptors (Lipinski definition) is 6. The molecular weight excluding hydrogens is 413 g/mol. The van der Waals surface area contributed by atoms with E-state index in [2.05, 4.69) is 9.88 Å². The molecule has 31 heavy (non-hydrogen) atoms. The van der Waals surface area contributed by atoms with Crippen LogP contribution in [0.4, 0.5) is 19.0 Å². The summed E-state index contributed by atoms with van der Waals surface area (Å²) in [5.41, 5.74) is 1.25. The van der Waals surface area contributed by atoms with Gasteiger partial charge in [-0.25, -0.2) is 0 Å². The summed E-state index contributed by atoms with van der Waals surface area (Å²) < 4.78 is 42.5. The third kappa shape index (κ3) is 4.48. The number of anilines is 1. The van der Waals surface area contributed by atoms with Crippen LogP contribution < -0.4 is 9.64 Å². The molecule has 7 nitrogen and oxygen atoms in total. The minimum atomic E-state index is -4.48. The van der Waals surface area contributed by atoms with Gasteiger partial charge in [-0.15, -0.1) is 0 Å². The van der Waals surface area contributed by atoms with Crippen molar-refractivity contribution in [3.63, 3.8) is 0 Å². The zero-order valence-electron chi connectivity index (χ0n) is 16.9. The molecule has 2 aliphatic heterocycles. The number of likely N-dealkylation sites (N-methyl/N-ethyl adjacent to an activating group) is 1. The molecule has 0 atom stereocenters. The van der Waals surface area contributed by atoms with Gasteiger partial charge in [0.2, 0.25) is 5.88 Å². The van der Waals surface area contributed by atoms with Crippen LogP contribution in [0.25, 0.3) is 0 Å². The zero-order valence-corrected chi connectivity index (χ0v) is 16.9. The highest BCUT2D eigenvalue weighted by molar-refractivity contribution is 6.21. The Morgan fingerprint density at radius 3 is 2.16 bits per heavy atom. The lowest BCUT2D eigenvalue weighted by Gasteiger charge is -2.34. The molecule has 1 fully saturated rings. The molecule has 1 aromatic heterocycles. The molecule has 0 bridgehead atoms. The lowest BCUT2D eigenvalue weighted by molar-refractivity contribution is -0.154. The van der Waals surface area contributed by atoms with Crippen LogP contribution in [0.15, 0.2) is 36.4 Å². The van der Waals surface area contributed by atoms with Crippen molar-refractivity contribution in [2.24, 2.45) is 0 Å². The van der Waals surface area contributed by atoms with E-state index >= 15 is 0 Å². The van der Waals surface area contributed by atoms with E-state index in [9.17, 15) is 22.8 Å². The summed E-state index contributed by atoms with van der Waals surface area (Å²) in [5, 5.41) is 0. The van der Waals surface area contributed by atoms with Crippen LogP contribution in [0.2, 0.25) is 0 Å². The van der Waals surface area contributed by atoms with Crippen molar-refractivity contribution in [3.05, 3.63) is 53.1 Å². The Labute approximate surface area is 177 Å². The number of rotatable bonds is 5. The second-order valence-corrected chi connectivity index (χ2v) is 7.57. The van der Waals surface area contributed by atoms with Crippen LogP contribution in [0.3, 0.4) is 0 Å². The van der Waals surface area contributed by atoms with Crippen molar-refractivity contribution in [3.8, 4) is 5.88 Å². The monoisotopic (exact) mass is 434 g/mol. The summed E-state index contributed by atoms with van der Waals surface area (Å²) in [4.78, 5) is 35.0. The van der Waals surface area contributed by atoms with Crippen molar-refractivity contribution in [1.29, 1.82) is 0 Å². The Hall–Kier alpha value is -3.14. The summed E-state index contributed by atoms with van der Waals surface area (Å²) in [5.74, 6) is -0.536. The van der Waals surface area contributed by atoms with Gasteiger partial charge >= 0.3 is 6.18 Å². The molecule has 2 aliphatic rings. The third-order valence-corrected chi connectivity index (χ3v) is 5.32. The molecular formula is C21H21F3N4O3. The molecule has 0 spiro atoms. The standard InChI is InChI=1S/C21H21F3N4O3/c1-26-8-10-27(11-9-26)18-14(6-7-17(25-18)31-13-21(22,23)24)12-28-19(29)15-4-2-3-5-16(15)20(28)30/h2-7H,8-13H2,1H3. The highest BCUT2D eigenvalue weighted by Crippen LogP contribution is 2.29. The first-order valence-electron chi connectivity index (χ1n) is 9.81. The van der Waals surface area contributed by atoms with Crippen LogP contribution in [0.5, 0.6) is 5.88 Å². The van der Waals surface area contributed by atoms with Crippen LogP contribution in [-0.2, 0) is 6.54 Å². The van der Waals surface area contributed by atoms with Crippen molar-refractivity contribution in [2.45, 2.75) is 12.7 Å². The Balaban J connectivity index is 1.62. The van der Waals surface area contributed by atoms with Crippen LogP contribution >= 0.6 is 0 Å². The van der Waals surface area contributed by atoms with Crippen molar-refractivity contribution in [2.75, 3.05) is 44.7 Å². The summed E-state index contributed by atoms with van der Waals surface area (Å²) in [6.45, 7) is 1.26. The van der Waals surface area contributed by atoms with E-state index in [1.807, 2.05) is 11.9 Å². The number of aromatic nitrogens is 1. The number of hydrogen-bond donors (Lipinski definition) is 0. The zero-order chi connectivity index (χ0) is 22.2. The summed E-state index contributed by atoms with van der Waals surface area (Å²) in [6.07, 6.45) is -4.48. The van der Waals surface area contributed by atoms with Crippen molar-refractivity contribution < 1.29 is 27.5 Å². The van der Waals surface area contributed by atoms with E-state index in [-0.39, 0.29) is 12.4 Å². The number of pyridine rings is 1. The average Bonchev–Trinajstić information content (AvgIpc) is 2.98. The Morgan fingerprint density at radius 2 is 1.58 bits per heavy atom. The molecule has 0 aliphatic carbocycles. The van der Waals surface area contributed by atoms with Crippen molar-refractivity contribution >= 4 is 17.6 Å². The van der Waals surface area contributed by atoms with Crippen molar-refractivity contribution in [1.82, 2.24) is 14.8 Å². The number of ether oxygens (including phenoxy) is 1. The Kier molecular flexibility index (Phi) is 5.57. The minimum Gasteiger partial charge on any atom is -0.468 e. The number of fused-ring (bicyclic) bond motifs is 1. The Bertz CT molecular complexity index is 969. The van der Waals surface area contributed by atoms with Gasteiger partial charge in [0.1, 0.15) is 5.82 Å². The van der Waals surface area contributed by atoms with Gasteiger partial charge in [-0.2, -0.15) is 18.2 Å². The molecule has 2 aromatic rings. The maximum absolute atomic E-state index is 12.7. The van der Waals surface area contributed by atoms with E-state index in [0.29, 0.717) is 35.6 Å². The van der Waals surface area contributed by atoms with Gasteiger partial charge < -0.3 is 14.5 Å². The second kappa shape index (κ2) is 8.18. The van der Waals surface area contributed by atoms with Gasteiger partial charge in [0.25, 0.3) is 11.8 Å². The van der Waals surface area contributed by atoms with Gasteiger partial charge in [-0.05, 0) is 25.2 Å². The van der Waals surface area contributed by atoms with Crippen LogP contribution in [0.1, 0.15) is 26.3 Å². The topological polar surface area (TPSA) is 66.0 Å². The molecule has 164 valence electrons. The first kappa shape index (κ1) is 21.1. The van der Waals surface area contributed by atoms with E-state index in [1.54, 1.807) is 30.3 Å². The molecule has 0 N–H and O–H groups in total. The van der Waals surface area contributed by atoms with Gasteiger partial charge in [0, 0.05) is 37.8 Å². The second-order valence-electron chi connectivity index (χ2n) is 7.57. The number of nitrogens with zero attached hydrogens (tertiary/aromatic N) is 4. The SMILES string of the molecule is CN1CCN(c2nc(OCC(F)(F)F)ccc2CN2C(=O)c3ccccc3C2=O)CC1. The molecule has 3 heterocycles. The summed E-state index contributed by atoms with van der Waals surface area (Å²) in [6, 6.07) is 9.48. The highest BCUT2D eigenvalue weighted by atomic mass is 19.4. The Morgan fingerprint density at radius 1 is 0.968 bits per heavy atom. The number of amides is 2. The molecule has 0 radical (unpaired) electrons. The van der Waals surface area contributed by atoms with E-state index in [1.165, 1.54) is 6.07 Å². The number of carbonyl (C=O) groups is 2. The quantitative estimate of drug-likeness (QED) is 0.674. The normalized spacial score (nSPS) is 17.3. The lowest BCUT2D eigenvalue weighted by Crippen LogP contribution is -2.45. The summed E-state index contributed by atoms with van der Waals surface area (Å²) >= 11 is 0. The van der Waals surface area contributed by atoms with Gasteiger partial charge in [-0.1, -0.05) is 12.1 Å². The number of imide groups is 1. The third-order valence-electron chi connectivity index (χ3n) is 5.32. The fraction of sp³-hybridized carbons (Fsp3) is 0.381. The maximum atomic E-state index is 12.7.